The average molecular weight is 279 g/mol. The second kappa shape index (κ2) is 7.18. The zero-order chi connectivity index (χ0) is 14.4. The standard InChI is InChI=1S/C16H25NO3/c1-4-18-10-14-8-6-5-7-13(14)9-17-15-11-19-16(2,3)20-12-15/h5-8,15,17H,4,9-12H2,1-3H3. The Kier molecular flexibility index (Phi) is 5.54. The van der Waals surface area contributed by atoms with Crippen LogP contribution in [0.5, 0.6) is 0 Å². The SMILES string of the molecule is CCOCc1ccccc1CNC1COC(C)(C)OC1. The van der Waals surface area contributed by atoms with Crippen LogP contribution < -0.4 is 5.32 Å². The smallest absolute Gasteiger partial charge is 0.162 e. The first-order valence-corrected chi connectivity index (χ1v) is 7.26. The van der Waals surface area contributed by atoms with Gasteiger partial charge in [0.25, 0.3) is 0 Å². The van der Waals surface area contributed by atoms with Gasteiger partial charge in [0.2, 0.25) is 0 Å². The van der Waals surface area contributed by atoms with Gasteiger partial charge in [-0.15, -0.1) is 0 Å². The molecule has 1 N–H and O–H groups in total. The Labute approximate surface area is 121 Å². The third kappa shape index (κ3) is 4.56. The number of ether oxygens (including phenoxy) is 3. The van der Waals surface area contributed by atoms with E-state index >= 15 is 0 Å². The topological polar surface area (TPSA) is 39.7 Å². The molecule has 1 heterocycles. The van der Waals surface area contributed by atoms with E-state index in [1.165, 1.54) is 11.1 Å². The molecule has 1 fully saturated rings. The van der Waals surface area contributed by atoms with Crippen molar-refractivity contribution in [3.8, 4) is 0 Å². The van der Waals surface area contributed by atoms with Gasteiger partial charge < -0.3 is 19.5 Å². The van der Waals surface area contributed by atoms with Crippen LogP contribution in [0, 0.1) is 0 Å². The molecule has 0 bridgehead atoms. The third-order valence-electron chi connectivity index (χ3n) is 3.43. The largest absolute Gasteiger partial charge is 0.377 e. The highest BCUT2D eigenvalue weighted by molar-refractivity contribution is 5.26. The summed E-state index contributed by atoms with van der Waals surface area (Å²) in [6.45, 7) is 9.48. The molecule has 0 amide bonds. The van der Waals surface area contributed by atoms with Crippen molar-refractivity contribution < 1.29 is 14.2 Å². The molecule has 1 aliphatic heterocycles. The van der Waals surface area contributed by atoms with Crippen LogP contribution in [0.2, 0.25) is 0 Å². The van der Waals surface area contributed by atoms with Crippen molar-refractivity contribution in [2.75, 3.05) is 19.8 Å². The molecular weight excluding hydrogens is 254 g/mol. The maximum absolute atomic E-state index is 5.65. The molecule has 1 aromatic rings. The summed E-state index contributed by atoms with van der Waals surface area (Å²) in [6, 6.07) is 8.60. The van der Waals surface area contributed by atoms with Gasteiger partial charge in [0.15, 0.2) is 5.79 Å². The van der Waals surface area contributed by atoms with Crippen LogP contribution in [0.1, 0.15) is 31.9 Å². The summed E-state index contributed by atoms with van der Waals surface area (Å²) in [4.78, 5) is 0. The lowest BCUT2D eigenvalue weighted by molar-refractivity contribution is -0.253. The van der Waals surface area contributed by atoms with Crippen LogP contribution in [-0.2, 0) is 27.4 Å². The maximum Gasteiger partial charge on any atom is 0.162 e. The zero-order valence-corrected chi connectivity index (χ0v) is 12.6. The Morgan fingerprint density at radius 3 is 2.50 bits per heavy atom. The van der Waals surface area contributed by atoms with E-state index in [4.69, 9.17) is 14.2 Å². The van der Waals surface area contributed by atoms with Gasteiger partial charge in [-0.25, -0.2) is 0 Å². The summed E-state index contributed by atoms with van der Waals surface area (Å²) >= 11 is 0. The van der Waals surface area contributed by atoms with Crippen LogP contribution in [0.15, 0.2) is 24.3 Å². The van der Waals surface area contributed by atoms with Crippen LogP contribution in [-0.4, -0.2) is 31.6 Å². The molecule has 1 aliphatic rings. The summed E-state index contributed by atoms with van der Waals surface area (Å²) in [5, 5.41) is 3.49. The molecule has 0 spiro atoms. The van der Waals surface area contributed by atoms with Gasteiger partial charge in [-0.2, -0.15) is 0 Å². The van der Waals surface area contributed by atoms with Crippen LogP contribution >= 0.6 is 0 Å². The normalized spacial score (nSPS) is 19.1. The van der Waals surface area contributed by atoms with Crippen LogP contribution in [0.25, 0.3) is 0 Å². The van der Waals surface area contributed by atoms with Crippen LogP contribution in [0.3, 0.4) is 0 Å². The van der Waals surface area contributed by atoms with E-state index in [1.54, 1.807) is 0 Å². The molecule has 1 aromatic carbocycles. The number of rotatable bonds is 6. The fraction of sp³-hybridized carbons (Fsp3) is 0.625. The molecule has 0 atom stereocenters. The highest BCUT2D eigenvalue weighted by Gasteiger charge is 2.27. The van der Waals surface area contributed by atoms with E-state index in [9.17, 15) is 0 Å². The highest BCUT2D eigenvalue weighted by atomic mass is 16.7. The maximum atomic E-state index is 5.65. The van der Waals surface area contributed by atoms with E-state index in [1.807, 2.05) is 26.8 Å². The minimum Gasteiger partial charge on any atom is -0.377 e. The first-order valence-electron chi connectivity index (χ1n) is 7.26. The minimum absolute atomic E-state index is 0.239. The Hall–Kier alpha value is -0.940. The van der Waals surface area contributed by atoms with Crippen molar-refractivity contribution >= 4 is 0 Å². The van der Waals surface area contributed by atoms with E-state index in [-0.39, 0.29) is 6.04 Å². The van der Waals surface area contributed by atoms with Gasteiger partial charge in [-0.05, 0) is 31.9 Å². The Bertz CT molecular complexity index is 410. The van der Waals surface area contributed by atoms with Crippen molar-refractivity contribution in [3.63, 3.8) is 0 Å². The first-order chi connectivity index (χ1) is 9.61. The summed E-state index contributed by atoms with van der Waals surface area (Å²) in [7, 11) is 0. The number of hydrogen-bond donors (Lipinski definition) is 1. The average Bonchev–Trinajstić information content (AvgIpc) is 2.45. The highest BCUT2D eigenvalue weighted by Crippen LogP contribution is 2.17. The Morgan fingerprint density at radius 2 is 1.85 bits per heavy atom. The molecule has 112 valence electrons. The summed E-state index contributed by atoms with van der Waals surface area (Å²) in [5.74, 6) is -0.453. The zero-order valence-electron chi connectivity index (χ0n) is 12.6. The number of benzene rings is 1. The lowest BCUT2D eigenvalue weighted by atomic mass is 10.1. The third-order valence-corrected chi connectivity index (χ3v) is 3.43. The fourth-order valence-electron chi connectivity index (χ4n) is 2.15. The molecule has 4 nitrogen and oxygen atoms in total. The lowest BCUT2D eigenvalue weighted by Crippen LogP contribution is -2.48. The predicted molar refractivity (Wildman–Crippen MR) is 78.4 cm³/mol. The second-order valence-corrected chi connectivity index (χ2v) is 5.51. The van der Waals surface area contributed by atoms with Gasteiger partial charge in [-0.3, -0.25) is 0 Å². The monoisotopic (exact) mass is 279 g/mol. The molecule has 2 rings (SSSR count). The molecule has 0 aromatic heterocycles. The van der Waals surface area contributed by atoms with Gasteiger partial charge in [0.1, 0.15) is 0 Å². The summed E-state index contributed by atoms with van der Waals surface area (Å²) in [6.07, 6.45) is 0. The van der Waals surface area contributed by atoms with Crippen molar-refractivity contribution in [1.29, 1.82) is 0 Å². The quantitative estimate of drug-likeness (QED) is 0.868. The van der Waals surface area contributed by atoms with E-state index in [0.717, 1.165) is 13.2 Å². The van der Waals surface area contributed by atoms with Crippen molar-refractivity contribution in [2.24, 2.45) is 0 Å². The van der Waals surface area contributed by atoms with Crippen molar-refractivity contribution in [1.82, 2.24) is 5.32 Å². The fourth-order valence-corrected chi connectivity index (χ4v) is 2.15. The van der Waals surface area contributed by atoms with E-state index in [2.05, 4.69) is 23.5 Å². The predicted octanol–water partition coefficient (Wildman–Crippen LogP) is 2.46. The number of hydrogen-bond acceptors (Lipinski definition) is 4. The Morgan fingerprint density at radius 1 is 1.20 bits per heavy atom. The molecular formula is C16H25NO3. The molecule has 0 saturated carbocycles. The van der Waals surface area contributed by atoms with Gasteiger partial charge in [0.05, 0.1) is 25.9 Å². The van der Waals surface area contributed by atoms with Crippen molar-refractivity contribution in [2.45, 2.75) is 45.8 Å². The molecule has 0 radical (unpaired) electrons. The molecule has 0 unspecified atom stereocenters. The van der Waals surface area contributed by atoms with E-state index < -0.39 is 5.79 Å². The minimum atomic E-state index is -0.453. The van der Waals surface area contributed by atoms with Gasteiger partial charge in [0, 0.05) is 13.2 Å². The Balaban J connectivity index is 1.85. The molecule has 0 aliphatic carbocycles. The molecule has 20 heavy (non-hydrogen) atoms. The second-order valence-electron chi connectivity index (χ2n) is 5.51. The number of nitrogens with one attached hydrogen (secondary N) is 1. The molecule has 4 heteroatoms. The summed E-state index contributed by atoms with van der Waals surface area (Å²) in [5.41, 5.74) is 2.51. The first kappa shape index (κ1) is 15.4. The van der Waals surface area contributed by atoms with Gasteiger partial charge >= 0.3 is 0 Å². The summed E-state index contributed by atoms with van der Waals surface area (Å²) < 4.78 is 16.8. The van der Waals surface area contributed by atoms with Crippen molar-refractivity contribution in [3.05, 3.63) is 35.4 Å². The van der Waals surface area contributed by atoms with Gasteiger partial charge in [-0.1, -0.05) is 24.3 Å². The lowest BCUT2D eigenvalue weighted by Gasteiger charge is -2.35. The molecule has 1 saturated heterocycles. The van der Waals surface area contributed by atoms with Crippen LogP contribution in [0.4, 0.5) is 0 Å². The van der Waals surface area contributed by atoms with E-state index in [0.29, 0.717) is 19.8 Å².